The monoisotopic (exact) mass is 332 g/mol. The third-order valence-electron chi connectivity index (χ3n) is 4.60. The van der Waals surface area contributed by atoms with Gasteiger partial charge in [0.05, 0.1) is 0 Å². The van der Waals surface area contributed by atoms with Gasteiger partial charge in [0.1, 0.15) is 6.04 Å². The van der Waals surface area contributed by atoms with Crippen molar-refractivity contribution >= 4 is 22.4 Å². The fourth-order valence-corrected chi connectivity index (χ4v) is 3.08. The van der Waals surface area contributed by atoms with Crippen molar-refractivity contribution in [2.45, 2.75) is 18.9 Å². The number of fused-ring (bicyclic) bond motifs is 1. The molecule has 25 heavy (non-hydrogen) atoms. The predicted octanol–water partition coefficient (Wildman–Crippen LogP) is 4.51. The number of carbonyl (C=O) groups is 1. The first-order valence-electron chi connectivity index (χ1n) is 8.57. The maximum atomic E-state index is 12.8. The van der Waals surface area contributed by atoms with Gasteiger partial charge in [0.2, 0.25) is 5.91 Å². The van der Waals surface area contributed by atoms with E-state index >= 15 is 0 Å². The molecule has 128 valence electrons. The zero-order chi connectivity index (χ0) is 17.8. The highest BCUT2D eigenvalue weighted by Gasteiger charge is 2.27. The van der Waals surface area contributed by atoms with Crippen LogP contribution in [0.5, 0.6) is 0 Å². The van der Waals surface area contributed by atoms with Crippen molar-refractivity contribution in [1.29, 1.82) is 0 Å². The Kier molecular flexibility index (Phi) is 5.03. The lowest BCUT2D eigenvalue weighted by atomic mass is 9.90. The van der Waals surface area contributed by atoms with Crippen LogP contribution in [0.25, 0.3) is 10.8 Å². The average Bonchev–Trinajstić information content (AvgIpc) is 2.65. The second-order valence-corrected chi connectivity index (χ2v) is 6.62. The normalized spacial score (nSPS) is 13.2. The van der Waals surface area contributed by atoms with E-state index in [0.717, 1.165) is 11.3 Å². The molecule has 0 aliphatic rings. The molecule has 3 aromatic carbocycles. The number of hydrogen-bond acceptors (Lipinski definition) is 2. The first-order valence-corrected chi connectivity index (χ1v) is 8.57. The Morgan fingerprint density at radius 1 is 0.880 bits per heavy atom. The number of amides is 1. The third-order valence-corrected chi connectivity index (χ3v) is 4.60. The average molecular weight is 332 g/mol. The Bertz CT molecular complexity index is 858. The zero-order valence-electron chi connectivity index (χ0n) is 14.9. The van der Waals surface area contributed by atoms with Gasteiger partial charge >= 0.3 is 0 Å². The topological polar surface area (TPSA) is 32.3 Å². The van der Waals surface area contributed by atoms with Crippen LogP contribution < -0.4 is 5.32 Å². The summed E-state index contributed by atoms with van der Waals surface area (Å²) in [5, 5.41) is 5.82. The van der Waals surface area contributed by atoms with Crippen molar-refractivity contribution in [2.24, 2.45) is 0 Å². The van der Waals surface area contributed by atoms with Gasteiger partial charge in [-0.05, 0) is 28.5 Å². The molecule has 0 fully saturated rings. The van der Waals surface area contributed by atoms with Gasteiger partial charge in [-0.2, -0.15) is 0 Å². The summed E-state index contributed by atoms with van der Waals surface area (Å²) in [6, 6.07) is 24.3. The number of nitrogens with zero attached hydrogens (tertiary/aromatic N) is 1. The summed E-state index contributed by atoms with van der Waals surface area (Å²) in [4.78, 5) is 14.4. The number of benzene rings is 3. The summed E-state index contributed by atoms with van der Waals surface area (Å²) < 4.78 is 0. The summed E-state index contributed by atoms with van der Waals surface area (Å²) >= 11 is 0. The number of carbonyl (C=O) groups excluding carboxylic acids is 1. The smallest absolute Gasteiger partial charge is 0.245 e. The number of rotatable bonds is 5. The number of para-hydroxylation sites is 1. The minimum Gasteiger partial charge on any atom is -0.373 e. The summed E-state index contributed by atoms with van der Waals surface area (Å²) in [6.45, 7) is 2.10. The Hall–Kier alpha value is -2.81. The molecule has 0 spiro atoms. The van der Waals surface area contributed by atoms with E-state index in [9.17, 15) is 4.79 Å². The second-order valence-electron chi connectivity index (χ2n) is 6.62. The number of hydrogen-bond donors (Lipinski definition) is 1. The molecule has 3 aromatic rings. The van der Waals surface area contributed by atoms with Crippen LogP contribution in [0.3, 0.4) is 0 Å². The molecule has 0 aliphatic heterocycles. The van der Waals surface area contributed by atoms with Gasteiger partial charge in [-0.15, -0.1) is 0 Å². The van der Waals surface area contributed by atoms with Crippen LogP contribution in [0.15, 0.2) is 72.8 Å². The summed E-state index contributed by atoms with van der Waals surface area (Å²) in [5.74, 6) is 0.115. The van der Waals surface area contributed by atoms with Gasteiger partial charge in [-0.3, -0.25) is 4.79 Å². The van der Waals surface area contributed by atoms with E-state index in [0.29, 0.717) is 0 Å². The molecule has 1 amide bonds. The summed E-state index contributed by atoms with van der Waals surface area (Å²) in [5.41, 5.74) is 2.11. The molecular weight excluding hydrogens is 308 g/mol. The molecule has 0 heterocycles. The van der Waals surface area contributed by atoms with Crippen LogP contribution in [0.4, 0.5) is 5.69 Å². The molecule has 0 aliphatic carbocycles. The predicted molar refractivity (Wildman–Crippen MR) is 105 cm³/mol. The zero-order valence-corrected chi connectivity index (χ0v) is 14.9. The maximum Gasteiger partial charge on any atom is 0.245 e. The third kappa shape index (κ3) is 3.82. The van der Waals surface area contributed by atoms with Gasteiger partial charge < -0.3 is 10.2 Å². The lowest BCUT2D eigenvalue weighted by molar-refractivity contribution is -0.129. The van der Waals surface area contributed by atoms with Crippen LogP contribution in [-0.2, 0) is 4.79 Å². The summed E-state index contributed by atoms with van der Waals surface area (Å²) in [6.07, 6.45) is 0. The Morgan fingerprint density at radius 3 is 2.20 bits per heavy atom. The van der Waals surface area contributed by atoms with Crippen LogP contribution in [0.1, 0.15) is 18.4 Å². The minimum absolute atomic E-state index is 0.0414. The Balaban J connectivity index is 1.94. The molecule has 2 unspecified atom stereocenters. The quantitative estimate of drug-likeness (QED) is 0.745. The van der Waals surface area contributed by atoms with E-state index < -0.39 is 0 Å². The molecule has 0 bridgehead atoms. The Morgan fingerprint density at radius 2 is 1.52 bits per heavy atom. The van der Waals surface area contributed by atoms with Crippen LogP contribution in [-0.4, -0.2) is 30.9 Å². The van der Waals surface area contributed by atoms with Crippen LogP contribution >= 0.6 is 0 Å². The molecule has 0 saturated heterocycles. The highest BCUT2D eigenvalue weighted by atomic mass is 16.2. The van der Waals surface area contributed by atoms with E-state index in [1.165, 1.54) is 10.8 Å². The van der Waals surface area contributed by atoms with Crippen molar-refractivity contribution in [3.8, 4) is 0 Å². The fourth-order valence-electron chi connectivity index (χ4n) is 3.08. The standard InChI is InChI=1S/C22H24N2O/c1-16(18-14-13-17-9-7-8-10-19(17)15-18)21(22(25)24(2)3)23-20-11-5-4-6-12-20/h4-16,21,23H,1-3H3. The first-order chi connectivity index (χ1) is 12.1. The van der Waals surface area contributed by atoms with Gasteiger partial charge in [-0.25, -0.2) is 0 Å². The van der Waals surface area contributed by atoms with E-state index in [1.807, 2.05) is 42.5 Å². The summed E-state index contributed by atoms with van der Waals surface area (Å²) in [7, 11) is 3.60. The van der Waals surface area contributed by atoms with E-state index in [-0.39, 0.29) is 17.9 Å². The lowest BCUT2D eigenvalue weighted by Gasteiger charge is -2.28. The largest absolute Gasteiger partial charge is 0.373 e. The fraction of sp³-hybridized carbons (Fsp3) is 0.227. The van der Waals surface area contributed by atoms with E-state index in [2.05, 4.69) is 42.6 Å². The highest BCUT2D eigenvalue weighted by Crippen LogP contribution is 2.26. The van der Waals surface area contributed by atoms with Gasteiger partial charge in [-0.1, -0.05) is 67.6 Å². The maximum absolute atomic E-state index is 12.8. The Labute approximate surface area is 149 Å². The van der Waals surface area contributed by atoms with Gasteiger partial charge in [0, 0.05) is 25.7 Å². The molecule has 3 nitrogen and oxygen atoms in total. The second kappa shape index (κ2) is 7.39. The van der Waals surface area contributed by atoms with E-state index in [1.54, 1.807) is 19.0 Å². The number of likely N-dealkylation sites (N-methyl/N-ethyl adjacent to an activating group) is 1. The molecule has 2 atom stereocenters. The lowest BCUT2D eigenvalue weighted by Crippen LogP contribution is -2.42. The molecule has 1 N–H and O–H groups in total. The number of nitrogens with one attached hydrogen (secondary N) is 1. The van der Waals surface area contributed by atoms with Crippen LogP contribution in [0, 0.1) is 0 Å². The van der Waals surface area contributed by atoms with Gasteiger partial charge in [0.15, 0.2) is 0 Å². The molecule has 0 aromatic heterocycles. The van der Waals surface area contributed by atoms with E-state index in [4.69, 9.17) is 0 Å². The molecule has 3 heteroatoms. The molecule has 3 rings (SSSR count). The minimum atomic E-state index is -0.321. The van der Waals surface area contributed by atoms with Crippen molar-refractivity contribution in [3.05, 3.63) is 78.4 Å². The molecule has 0 radical (unpaired) electrons. The van der Waals surface area contributed by atoms with Crippen molar-refractivity contribution in [2.75, 3.05) is 19.4 Å². The highest BCUT2D eigenvalue weighted by molar-refractivity contribution is 5.87. The van der Waals surface area contributed by atoms with Crippen molar-refractivity contribution in [3.63, 3.8) is 0 Å². The first kappa shape index (κ1) is 17.0. The van der Waals surface area contributed by atoms with Crippen LogP contribution in [0.2, 0.25) is 0 Å². The molecule has 0 saturated carbocycles. The van der Waals surface area contributed by atoms with Crippen molar-refractivity contribution in [1.82, 2.24) is 4.90 Å². The van der Waals surface area contributed by atoms with Gasteiger partial charge in [0.25, 0.3) is 0 Å². The van der Waals surface area contributed by atoms with Crippen molar-refractivity contribution < 1.29 is 4.79 Å². The SMILES string of the molecule is CC(c1ccc2ccccc2c1)C(Nc1ccccc1)C(=O)N(C)C. The number of anilines is 1. The molecular formula is C22H24N2O.